The Labute approximate surface area is 170 Å². The van der Waals surface area contributed by atoms with E-state index in [9.17, 15) is 4.79 Å². The minimum Gasteiger partial charge on any atom is -0.337 e. The third-order valence-electron chi connectivity index (χ3n) is 5.35. The third-order valence-corrected chi connectivity index (χ3v) is 6.27. The van der Waals surface area contributed by atoms with Crippen LogP contribution in [0.4, 0.5) is 0 Å². The molecule has 0 aliphatic carbocycles. The van der Waals surface area contributed by atoms with Crippen LogP contribution in [0.3, 0.4) is 0 Å². The molecule has 28 heavy (non-hydrogen) atoms. The van der Waals surface area contributed by atoms with E-state index < -0.39 is 0 Å². The van der Waals surface area contributed by atoms with Gasteiger partial charge in [0, 0.05) is 30.4 Å². The second kappa shape index (κ2) is 8.23. The maximum absolute atomic E-state index is 12.9. The standard InChI is InChI=1S/C23H25N3OS/c1-16-11-19(12-18-7-4-3-5-8-18)13-21(25-16)20-9-6-10-26(14-20)23(27)22-17(2)24-15-28-22/h3-5,7-8,11,13,15,20H,6,9-10,12,14H2,1-2H3/t20-/m0/s1. The molecule has 0 spiro atoms. The van der Waals surface area contributed by atoms with E-state index in [0.29, 0.717) is 5.92 Å². The molecule has 0 saturated carbocycles. The van der Waals surface area contributed by atoms with Gasteiger partial charge in [-0.15, -0.1) is 11.3 Å². The number of aryl methyl sites for hydroxylation is 2. The van der Waals surface area contributed by atoms with Crippen LogP contribution in [0.25, 0.3) is 0 Å². The topological polar surface area (TPSA) is 46.1 Å². The third kappa shape index (κ3) is 4.14. The van der Waals surface area contributed by atoms with Gasteiger partial charge in [0.05, 0.1) is 11.2 Å². The number of hydrogen-bond acceptors (Lipinski definition) is 4. The molecule has 2 aromatic heterocycles. The number of piperidine rings is 1. The predicted octanol–water partition coefficient (Wildman–Crippen LogP) is 4.77. The highest BCUT2D eigenvalue weighted by atomic mass is 32.1. The average molecular weight is 392 g/mol. The molecule has 0 unspecified atom stereocenters. The van der Waals surface area contributed by atoms with E-state index in [2.05, 4.69) is 48.3 Å². The summed E-state index contributed by atoms with van der Waals surface area (Å²) in [4.78, 5) is 24.7. The molecule has 4 rings (SSSR count). The first-order chi connectivity index (χ1) is 13.6. The number of aromatic nitrogens is 2. The Kier molecular flexibility index (Phi) is 5.53. The highest BCUT2D eigenvalue weighted by Crippen LogP contribution is 2.29. The van der Waals surface area contributed by atoms with Crippen molar-refractivity contribution in [3.05, 3.63) is 81.1 Å². The van der Waals surface area contributed by atoms with E-state index in [1.54, 1.807) is 5.51 Å². The van der Waals surface area contributed by atoms with E-state index in [1.165, 1.54) is 22.5 Å². The van der Waals surface area contributed by atoms with Crippen LogP contribution in [0.15, 0.2) is 48.0 Å². The number of amides is 1. The van der Waals surface area contributed by atoms with Gasteiger partial charge in [-0.3, -0.25) is 9.78 Å². The summed E-state index contributed by atoms with van der Waals surface area (Å²) in [7, 11) is 0. The van der Waals surface area contributed by atoms with Gasteiger partial charge >= 0.3 is 0 Å². The Bertz CT molecular complexity index is 967. The smallest absolute Gasteiger partial charge is 0.265 e. The molecule has 3 aromatic rings. The zero-order valence-electron chi connectivity index (χ0n) is 16.4. The molecule has 0 N–H and O–H groups in total. The number of hydrogen-bond donors (Lipinski definition) is 0. The van der Waals surface area contributed by atoms with Gasteiger partial charge in [-0.1, -0.05) is 30.3 Å². The number of thiazole rings is 1. The average Bonchev–Trinajstić information content (AvgIpc) is 3.14. The normalized spacial score (nSPS) is 16.9. The van der Waals surface area contributed by atoms with E-state index in [-0.39, 0.29) is 5.91 Å². The van der Waals surface area contributed by atoms with Crippen LogP contribution in [-0.4, -0.2) is 33.9 Å². The maximum Gasteiger partial charge on any atom is 0.265 e. The molecule has 1 saturated heterocycles. The van der Waals surface area contributed by atoms with Gasteiger partial charge in [0.25, 0.3) is 5.91 Å². The lowest BCUT2D eigenvalue weighted by atomic mass is 9.92. The summed E-state index contributed by atoms with van der Waals surface area (Å²) in [5, 5.41) is 0. The number of pyridine rings is 1. The quantitative estimate of drug-likeness (QED) is 0.644. The molecule has 3 heterocycles. The van der Waals surface area contributed by atoms with E-state index in [4.69, 9.17) is 4.98 Å². The van der Waals surface area contributed by atoms with Crippen molar-refractivity contribution >= 4 is 17.2 Å². The van der Waals surface area contributed by atoms with Gasteiger partial charge in [-0.05, 0) is 56.4 Å². The van der Waals surface area contributed by atoms with Gasteiger partial charge in [-0.25, -0.2) is 4.98 Å². The summed E-state index contributed by atoms with van der Waals surface area (Å²) in [6.07, 6.45) is 3.00. The van der Waals surface area contributed by atoms with Crippen molar-refractivity contribution in [1.82, 2.24) is 14.9 Å². The van der Waals surface area contributed by atoms with Crippen LogP contribution in [-0.2, 0) is 6.42 Å². The lowest BCUT2D eigenvalue weighted by Crippen LogP contribution is -2.39. The monoisotopic (exact) mass is 391 g/mol. The van der Waals surface area contributed by atoms with Crippen molar-refractivity contribution in [3.8, 4) is 0 Å². The summed E-state index contributed by atoms with van der Waals surface area (Å²) < 4.78 is 0. The van der Waals surface area contributed by atoms with Crippen molar-refractivity contribution in [2.75, 3.05) is 13.1 Å². The second-order valence-electron chi connectivity index (χ2n) is 7.56. The Balaban J connectivity index is 1.53. The molecule has 1 aliphatic heterocycles. The summed E-state index contributed by atoms with van der Waals surface area (Å²) in [5.41, 5.74) is 7.34. The van der Waals surface area contributed by atoms with E-state index in [0.717, 1.165) is 54.3 Å². The lowest BCUT2D eigenvalue weighted by molar-refractivity contribution is 0.0710. The number of likely N-dealkylation sites (tertiary alicyclic amines) is 1. The Morgan fingerprint density at radius 1 is 1.18 bits per heavy atom. The molecule has 5 heteroatoms. The minimum atomic E-state index is 0.113. The maximum atomic E-state index is 12.9. The van der Waals surface area contributed by atoms with Gasteiger partial charge < -0.3 is 4.90 Å². The summed E-state index contributed by atoms with van der Waals surface area (Å²) >= 11 is 1.44. The molecule has 1 amide bonds. The molecule has 1 atom stereocenters. The van der Waals surface area contributed by atoms with Crippen molar-refractivity contribution in [2.24, 2.45) is 0 Å². The van der Waals surface area contributed by atoms with E-state index >= 15 is 0 Å². The number of carbonyl (C=O) groups is 1. The first kappa shape index (κ1) is 18.8. The first-order valence-corrected chi connectivity index (χ1v) is 10.7. The number of benzene rings is 1. The lowest BCUT2D eigenvalue weighted by Gasteiger charge is -2.32. The molecule has 1 aliphatic rings. The van der Waals surface area contributed by atoms with Crippen molar-refractivity contribution < 1.29 is 4.79 Å². The van der Waals surface area contributed by atoms with Crippen LogP contribution >= 0.6 is 11.3 Å². The first-order valence-electron chi connectivity index (χ1n) is 9.81. The number of rotatable bonds is 4. The predicted molar refractivity (Wildman–Crippen MR) is 113 cm³/mol. The zero-order valence-corrected chi connectivity index (χ0v) is 17.2. The number of nitrogens with zero attached hydrogens (tertiary/aromatic N) is 3. The van der Waals surface area contributed by atoms with Gasteiger partial charge in [-0.2, -0.15) is 0 Å². The highest BCUT2D eigenvalue weighted by Gasteiger charge is 2.28. The molecule has 4 nitrogen and oxygen atoms in total. The summed E-state index contributed by atoms with van der Waals surface area (Å²) in [6.45, 7) is 5.51. The van der Waals surface area contributed by atoms with Crippen LogP contribution in [0.2, 0.25) is 0 Å². The molecular weight excluding hydrogens is 366 g/mol. The Morgan fingerprint density at radius 3 is 2.75 bits per heavy atom. The van der Waals surface area contributed by atoms with Gasteiger partial charge in [0.15, 0.2) is 0 Å². The number of carbonyl (C=O) groups excluding carboxylic acids is 1. The summed E-state index contributed by atoms with van der Waals surface area (Å²) in [6, 6.07) is 14.9. The molecule has 144 valence electrons. The SMILES string of the molecule is Cc1cc(Cc2ccccc2)cc([C@H]2CCCN(C(=O)c3scnc3C)C2)n1. The van der Waals surface area contributed by atoms with Crippen LogP contribution in [0.1, 0.15) is 56.6 Å². The Hall–Kier alpha value is -2.53. The fourth-order valence-corrected chi connectivity index (χ4v) is 4.73. The van der Waals surface area contributed by atoms with Crippen molar-refractivity contribution in [1.29, 1.82) is 0 Å². The molecule has 0 radical (unpaired) electrons. The van der Waals surface area contributed by atoms with Gasteiger partial charge in [0.2, 0.25) is 0 Å². The van der Waals surface area contributed by atoms with Crippen LogP contribution < -0.4 is 0 Å². The fourth-order valence-electron chi connectivity index (χ4n) is 3.96. The zero-order chi connectivity index (χ0) is 19.5. The largest absolute Gasteiger partial charge is 0.337 e. The fraction of sp³-hybridized carbons (Fsp3) is 0.348. The highest BCUT2D eigenvalue weighted by molar-refractivity contribution is 7.11. The molecule has 1 aromatic carbocycles. The molecular formula is C23H25N3OS. The Morgan fingerprint density at radius 2 is 2.00 bits per heavy atom. The minimum absolute atomic E-state index is 0.113. The molecule has 1 fully saturated rings. The van der Waals surface area contributed by atoms with Crippen molar-refractivity contribution in [2.45, 2.75) is 39.0 Å². The van der Waals surface area contributed by atoms with Crippen LogP contribution in [0, 0.1) is 13.8 Å². The van der Waals surface area contributed by atoms with E-state index in [1.807, 2.05) is 17.9 Å². The van der Waals surface area contributed by atoms with Crippen LogP contribution in [0.5, 0.6) is 0 Å². The summed E-state index contributed by atoms with van der Waals surface area (Å²) in [5.74, 6) is 0.405. The molecule has 0 bridgehead atoms. The second-order valence-corrected chi connectivity index (χ2v) is 8.42. The van der Waals surface area contributed by atoms with Crippen molar-refractivity contribution in [3.63, 3.8) is 0 Å². The van der Waals surface area contributed by atoms with Gasteiger partial charge in [0.1, 0.15) is 4.88 Å².